The summed E-state index contributed by atoms with van der Waals surface area (Å²) in [5.74, 6) is 0.849. The van der Waals surface area contributed by atoms with Crippen molar-refractivity contribution in [3.8, 4) is 0 Å². The van der Waals surface area contributed by atoms with Crippen LogP contribution in [0.1, 0.15) is 11.5 Å². The first-order valence-corrected chi connectivity index (χ1v) is 5.03. The van der Waals surface area contributed by atoms with Crippen LogP contribution in [0, 0.1) is 5.92 Å². The molecule has 94 valence electrons. The van der Waals surface area contributed by atoms with Gasteiger partial charge in [-0.05, 0) is 35.7 Å². The number of hydrogen-bond donors (Lipinski definition) is 1. The predicted octanol–water partition coefficient (Wildman–Crippen LogP) is 2.54. The molecule has 0 aliphatic carbocycles. The second-order valence-electron chi connectivity index (χ2n) is 3.72. The van der Waals surface area contributed by atoms with Gasteiger partial charge in [-0.1, -0.05) is 5.11 Å². The number of halogens is 2. The minimum Gasteiger partial charge on any atom is -0.316 e. The zero-order valence-electron chi connectivity index (χ0n) is 9.19. The predicted molar refractivity (Wildman–Crippen MR) is 71.8 cm³/mol. The first-order chi connectivity index (χ1) is 7.42. The number of nitrogens with zero attached hydrogens (tertiary/aromatic N) is 4. The van der Waals surface area contributed by atoms with Gasteiger partial charge < -0.3 is 5.32 Å². The SMILES string of the molecule is Cl.Cl.[N-]=[N+]=NCC1CNCC1c1ccncc1. The van der Waals surface area contributed by atoms with Gasteiger partial charge >= 0.3 is 0 Å². The fourth-order valence-electron chi connectivity index (χ4n) is 2.07. The van der Waals surface area contributed by atoms with E-state index in [4.69, 9.17) is 5.53 Å². The van der Waals surface area contributed by atoms with Crippen molar-refractivity contribution in [2.24, 2.45) is 11.0 Å². The molecule has 7 heteroatoms. The summed E-state index contributed by atoms with van der Waals surface area (Å²) in [4.78, 5) is 6.81. The molecule has 0 aromatic carbocycles. The van der Waals surface area contributed by atoms with Gasteiger partial charge in [0.1, 0.15) is 0 Å². The summed E-state index contributed by atoms with van der Waals surface area (Å²) in [5, 5.41) is 6.98. The Hall–Kier alpha value is -1.00. The van der Waals surface area contributed by atoms with Crippen LogP contribution < -0.4 is 5.32 Å². The second kappa shape index (κ2) is 8.14. The van der Waals surface area contributed by atoms with Gasteiger partial charge in [0.15, 0.2) is 0 Å². The van der Waals surface area contributed by atoms with Crippen LogP contribution in [-0.2, 0) is 0 Å². The molecule has 2 rings (SSSR count). The summed E-state index contributed by atoms with van der Waals surface area (Å²) in [7, 11) is 0. The summed E-state index contributed by atoms with van der Waals surface area (Å²) in [6.07, 6.45) is 3.61. The molecule has 5 nitrogen and oxygen atoms in total. The Morgan fingerprint density at radius 2 is 2.06 bits per heavy atom. The lowest BCUT2D eigenvalue weighted by atomic mass is 9.90. The Balaban J connectivity index is 0.00000128. The maximum Gasteiger partial charge on any atom is 0.0304 e. The summed E-state index contributed by atoms with van der Waals surface area (Å²) in [6, 6.07) is 4.06. The zero-order chi connectivity index (χ0) is 10.5. The molecule has 17 heavy (non-hydrogen) atoms. The Kier molecular flexibility index (Phi) is 7.66. The van der Waals surface area contributed by atoms with Crippen LogP contribution >= 0.6 is 24.8 Å². The van der Waals surface area contributed by atoms with Crippen LogP contribution in [0.2, 0.25) is 0 Å². The number of azide groups is 1. The third-order valence-electron chi connectivity index (χ3n) is 2.85. The largest absolute Gasteiger partial charge is 0.316 e. The van der Waals surface area contributed by atoms with Crippen molar-refractivity contribution >= 4 is 24.8 Å². The van der Waals surface area contributed by atoms with Crippen LogP contribution in [0.15, 0.2) is 29.6 Å². The van der Waals surface area contributed by atoms with Crippen LogP contribution in [0.3, 0.4) is 0 Å². The third kappa shape index (κ3) is 4.06. The molecule has 2 heterocycles. The highest BCUT2D eigenvalue weighted by Crippen LogP contribution is 2.27. The quantitative estimate of drug-likeness (QED) is 0.523. The van der Waals surface area contributed by atoms with Crippen LogP contribution in [0.5, 0.6) is 0 Å². The van der Waals surface area contributed by atoms with E-state index >= 15 is 0 Å². The van der Waals surface area contributed by atoms with Gasteiger partial charge in [-0.25, -0.2) is 0 Å². The average molecular weight is 276 g/mol. The Morgan fingerprint density at radius 1 is 1.35 bits per heavy atom. The average Bonchev–Trinajstić information content (AvgIpc) is 2.75. The van der Waals surface area contributed by atoms with Crippen molar-refractivity contribution in [3.63, 3.8) is 0 Å². The van der Waals surface area contributed by atoms with Gasteiger partial charge in [0.25, 0.3) is 0 Å². The zero-order valence-corrected chi connectivity index (χ0v) is 10.8. The topological polar surface area (TPSA) is 73.7 Å². The molecule has 0 saturated carbocycles. The van der Waals surface area contributed by atoms with Gasteiger partial charge in [-0.3, -0.25) is 4.98 Å². The van der Waals surface area contributed by atoms with Gasteiger partial charge in [0, 0.05) is 36.3 Å². The molecule has 0 bridgehead atoms. The number of rotatable bonds is 3. The summed E-state index contributed by atoms with van der Waals surface area (Å²) in [6.45, 7) is 2.44. The minimum atomic E-state index is 0. The Morgan fingerprint density at radius 3 is 2.71 bits per heavy atom. The van der Waals surface area contributed by atoms with E-state index in [1.165, 1.54) is 5.56 Å². The molecule has 0 amide bonds. The lowest BCUT2D eigenvalue weighted by Gasteiger charge is -2.16. The number of hydrogen-bond acceptors (Lipinski definition) is 3. The van der Waals surface area contributed by atoms with E-state index in [9.17, 15) is 0 Å². The van der Waals surface area contributed by atoms with Gasteiger partial charge in [-0.15, -0.1) is 24.8 Å². The normalized spacial score (nSPS) is 21.9. The monoisotopic (exact) mass is 275 g/mol. The van der Waals surface area contributed by atoms with E-state index in [1.807, 2.05) is 12.1 Å². The number of pyridine rings is 1. The van der Waals surface area contributed by atoms with Crippen LogP contribution in [0.25, 0.3) is 10.4 Å². The molecular formula is C10H15Cl2N5. The Labute approximate surface area is 112 Å². The van der Waals surface area contributed by atoms with Crippen LogP contribution in [-0.4, -0.2) is 24.6 Å². The molecule has 2 unspecified atom stereocenters. The van der Waals surface area contributed by atoms with Gasteiger partial charge in [-0.2, -0.15) is 0 Å². The van der Waals surface area contributed by atoms with Crippen LogP contribution in [0.4, 0.5) is 0 Å². The smallest absolute Gasteiger partial charge is 0.0304 e. The van der Waals surface area contributed by atoms with Crippen molar-refractivity contribution in [1.82, 2.24) is 10.3 Å². The van der Waals surface area contributed by atoms with E-state index in [-0.39, 0.29) is 24.8 Å². The standard InChI is InChI=1S/C10H13N5.2ClH/c11-15-14-6-9-5-13-7-10(9)8-1-3-12-4-2-8;;/h1-4,9-10,13H,5-7H2;2*1H. The van der Waals surface area contributed by atoms with E-state index in [2.05, 4.69) is 20.3 Å². The molecule has 2 atom stereocenters. The van der Waals surface area contributed by atoms with Crippen molar-refractivity contribution in [3.05, 3.63) is 40.5 Å². The molecule has 1 aliphatic rings. The summed E-state index contributed by atoms with van der Waals surface area (Å²) in [5.41, 5.74) is 9.58. The highest BCUT2D eigenvalue weighted by molar-refractivity contribution is 5.85. The lowest BCUT2D eigenvalue weighted by Crippen LogP contribution is -2.13. The van der Waals surface area contributed by atoms with Crippen molar-refractivity contribution in [2.75, 3.05) is 19.6 Å². The third-order valence-corrected chi connectivity index (χ3v) is 2.85. The van der Waals surface area contributed by atoms with E-state index < -0.39 is 0 Å². The number of nitrogens with one attached hydrogen (secondary N) is 1. The Bertz CT molecular complexity index is 366. The molecule has 1 fully saturated rings. The highest BCUT2D eigenvalue weighted by Gasteiger charge is 2.27. The maximum absolute atomic E-state index is 8.31. The van der Waals surface area contributed by atoms with Gasteiger partial charge in [0.05, 0.1) is 0 Å². The van der Waals surface area contributed by atoms with E-state index in [1.54, 1.807) is 12.4 Å². The van der Waals surface area contributed by atoms with E-state index in [0.29, 0.717) is 18.4 Å². The van der Waals surface area contributed by atoms with Crippen molar-refractivity contribution in [1.29, 1.82) is 0 Å². The summed E-state index contributed by atoms with van der Waals surface area (Å²) < 4.78 is 0. The maximum atomic E-state index is 8.31. The van der Waals surface area contributed by atoms with Gasteiger partial charge in [0.2, 0.25) is 0 Å². The fraction of sp³-hybridized carbons (Fsp3) is 0.500. The fourth-order valence-corrected chi connectivity index (χ4v) is 2.07. The molecule has 1 aromatic heterocycles. The number of aromatic nitrogens is 1. The summed E-state index contributed by atoms with van der Waals surface area (Å²) >= 11 is 0. The molecule has 1 aromatic rings. The van der Waals surface area contributed by atoms with Crippen molar-refractivity contribution in [2.45, 2.75) is 5.92 Å². The second-order valence-corrected chi connectivity index (χ2v) is 3.72. The molecule has 0 radical (unpaired) electrons. The molecule has 1 N–H and O–H groups in total. The molecule has 1 saturated heterocycles. The first-order valence-electron chi connectivity index (χ1n) is 5.03. The van der Waals surface area contributed by atoms with E-state index in [0.717, 1.165) is 13.1 Å². The minimum absolute atomic E-state index is 0. The molecule has 1 aliphatic heterocycles. The molecule has 0 spiro atoms. The lowest BCUT2D eigenvalue weighted by molar-refractivity contribution is 0.529. The molecular weight excluding hydrogens is 261 g/mol. The van der Waals surface area contributed by atoms with Crippen molar-refractivity contribution < 1.29 is 0 Å². The first kappa shape index (κ1) is 16.0. The highest BCUT2D eigenvalue weighted by atomic mass is 35.5.